The van der Waals surface area contributed by atoms with Crippen molar-refractivity contribution >= 4 is 40.6 Å². The van der Waals surface area contributed by atoms with Crippen LogP contribution >= 0.6 is 23.1 Å². The Hall–Kier alpha value is -4.94. The molecule has 6 rings (SSSR count). The first-order valence-electron chi connectivity index (χ1n) is 15.0. The standard InChI is InChI=1S/C35H34N6O4S2/c1-22-7-8-23(2)29(18-22)40-32(20-36-34(43)25-11-15-27(45-4)16-12-25)37-38-35(40)47-21-33(42)41-30(24-9-13-26(44-3)14-10-24)19-28(39-41)31-6-5-17-46-31/h5-18,30H,19-21H2,1-4H3,(H,36,43)/t30-/m0/s1. The maximum absolute atomic E-state index is 13.9. The van der Waals surface area contributed by atoms with Crippen molar-refractivity contribution in [3.05, 3.63) is 117 Å². The van der Waals surface area contributed by atoms with Gasteiger partial charge in [0.2, 0.25) is 0 Å². The number of amides is 2. The molecule has 0 spiro atoms. The molecular weight excluding hydrogens is 633 g/mol. The van der Waals surface area contributed by atoms with E-state index in [1.165, 1.54) is 11.8 Å². The fourth-order valence-corrected chi connectivity index (χ4v) is 6.86. The Labute approximate surface area is 281 Å². The molecule has 1 aliphatic heterocycles. The van der Waals surface area contributed by atoms with E-state index in [-0.39, 0.29) is 30.2 Å². The van der Waals surface area contributed by atoms with E-state index in [1.54, 1.807) is 54.8 Å². The number of carbonyl (C=O) groups excluding carboxylic acids is 2. The average Bonchev–Trinajstić information content (AvgIpc) is 3.88. The van der Waals surface area contributed by atoms with E-state index < -0.39 is 0 Å². The maximum Gasteiger partial charge on any atom is 0.253 e. The van der Waals surface area contributed by atoms with Gasteiger partial charge in [-0.05, 0) is 84.4 Å². The van der Waals surface area contributed by atoms with E-state index >= 15 is 0 Å². The van der Waals surface area contributed by atoms with Crippen molar-refractivity contribution in [3.8, 4) is 17.2 Å². The topological polar surface area (TPSA) is 111 Å². The van der Waals surface area contributed by atoms with Gasteiger partial charge < -0.3 is 14.8 Å². The van der Waals surface area contributed by atoms with Gasteiger partial charge >= 0.3 is 0 Å². The van der Waals surface area contributed by atoms with Crippen molar-refractivity contribution < 1.29 is 19.1 Å². The normalized spacial score (nSPS) is 14.2. The van der Waals surface area contributed by atoms with Crippen molar-refractivity contribution in [2.45, 2.75) is 38.0 Å². The van der Waals surface area contributed by atoms with Crippen LogP contribution < -0.4 is 14.8 Å². The Morgan fingerprint density at radius 2 is 1.68 bits per heavy atom. The van der Waals surface area contributed by atoms with E-state index in [1.807, 2.05) is 72.3 Å². The summed E-state index contributed by atoms with van der Waals surface area (Å²) in [6.07, 6.45) is 0.611. The summed E-state index contributed by atoms with van der Waals surface area (Å²) >= 11 is 2.90. The number of thioether (sulfide) groups is 1. The number of aryl methyl sites for hydroxylation is 2. The van der Waals surface area contributed by atoms with Crippen LogP contribution in [-0.2, 0) is 11.3 Å². The SMILES string of the molecule is COc1ccc(C(=O)NCc2nnc(SCC(=O)N3N=C(c4cccs4)C[C@H]3c3ccc(OC)cc3)n2-c2cc(C)ccc2C)cc1. The van der Waals surface area contributed by atoms with Crippen LogP contribution in [0.5, 0.6) is 11.5 Å². The van der Waals surface area contributed by atoms with Crippen LogP contribution in [0.15, 0.2) is 94.5 Å². The second-order valence-electron chi connectivity index (χ2n) is 11.0. The first kappa shape index (κ1) is 32.0. The predicted molar refractivity (Wildman–Crippen MR) is 184 cm³/mol. The molecule has 0 aliphatic carbocycles. The minimum Gasteiger partial charge on any atom is -0.497 e. The number of nitrogens with zero attached hydrogens (tertiary/aromatic N) is 5. The summed E-state index contributed by atoms with van der Waals surface area (Å²) in [7, 11) is 3.21. The van der Waals surface area contributed by atoms with Gasteiger partial charge in [0.05, 0.1) is 48.8 Å². The van der Waals surface area contributed by atoms with Crippen LogP contribution in [0.3, 0.4) is 0 Å². The molecule has 0 saturated heterocycles. The molecule has 0 radical (unpaired) electrons. The zero-order chi connectivity index (χ0) is 32.9. The predicted octanol–water partition coefficient (Wildman–Crippen LogP) is 6.36. The molecule has 0 fully saturated rings. The van der Waals surface area contributed by atoms with Crippen LogP contribution in [0.1, 0.15) is 50.2 Å². The monoisotopic (exact) mass is 666 g/mol. The van der Waals surface area contributed by atoms with Crippen molar-refractivity contribution in [1.29, 1.82) is 0 Å². The van der Waals surface area contributed by atoms with Crippen molar-refractivity contribution in [3.63, 3.8) is 0 Å². The van der Waals surface area contributed by atoms with Gasteiger partial charge in [0, 0.05) is 12.0 Å². The van der Waals surface area contributed by atoms with E-state index in [9.17, 15) is 9.59 Å². The highest BCUT2D eigenvalue weighted by Crippen LogP contribution is 2.35. The molecule has 12 heteroatoms. The summed E-state index contributed by atoms with van der Waals surface area (Å²) < 4.78 is 12.5. The van der Waals surface area contributed by atoms with Crippen LogP contribution in [-0.4, -0.2) is 57.3 Å². The molecular formula is C35H34N6O4S2. The number of ether oxygens (including phenoxy) is 2. The van der Waals surface area contributed by atoms with Gasteiger partial charge in [-0.15, -0.1) is 21.5 Å². The summed E-state index contributed by atoms with van der Waals surface area (Å²) in [6.45, 7) is 4.17. The first-order chi connectivity index (χ1) is 22.8. The lowest BCUT2D eigenvalue weighted by Crippen LogP contribution is -2.28. The number of hydrazone groups is 1. The number of hydrogen-bond acceptors (Lipinski definition) is 9. The summed E-state index contributed by atoms with van der Waals surface area (Å²) in [4.78, 5) is 27.9. The molecule has 1 atom stereocenters. The Morgan fingerprint density at radius 3 is 2.36 bits per heavy atom. The molecule has 3 aromatic carbocycles. The van der Waals surface area contributed by atoms with Crippen LogP contribution in [0, 0.1) is 13.8 Å². The molecule has 10 nitrogen and oxygen atoms in total. The molecule has 1 N–H and O–H groups in total. The van der Waals surface area contributed by atoms with Gasteiger partial charge in [-0.25, -0.2) is 5.01 Å². The van der Waals surface area contributed by atoms with Crippen LogP contribution in [0.2, 0.25) is 0 Å². The second-order valence-corrected chi connectivity index (χ2v) is 12.9. The minimum absolute atomic E-state index is 0.0923. The lowest BCUT2D eigenvalue weighted by molar-refractivity contribution is -0.130. The number of hydrogen-bond donors (Lipinski definition) is 1. The van der Waals surface area contributed by atoms with Gasteiger partial charge in [-0.3, -0.25) is 14.2 Å². The Kier molecular flexibility index (Phi) is 9.69. The Morgan fingerprint density at radius 1 is 0.957 bits per heavy atom. The number of rotatable bonds is 11. The first-order valence-corrected chi connectivity index (χ1v) is 16.9. The largest absolute Gasteiger partial charge is 0.497 e. The smallest absolute Gasteiger partial charge is 0.253 e. The number of thiophene rings is 1. The second kappa shape index (κ2) is 14.2. The third kappa shape index (κ3) is 7.08. The molecule has 3 heterocycles. The number of benzene rings is 3. The van der Waals surface area contributed by atoms with Crippen molar-refractivity contribution in [1.82, 2.24) is 25.1 Å². The van der Waals surface area contributed by atoms with E-state index in [4.69, 9.17) is 14.6 Å². The molecule has 5 aromatic rings. The summed E-state index contributed by atoms with van der Waals surface area (Å²) in [5.41, 5.74) is 5.32. The van der Waals surface area contributed by atoms with E-state index in [0.29, 0.717) is 28.7 Å². The van der Waals surface area contributed by atoms with E-state index in [2.05, 4.69) is 21.6 Å². The van der Waals surface area contributed by atoms with Crippen LogP contribution in [0.25, 0.3) is 5.69 Å². The lowest BCUT2D eigenvalue weighted by atomic mass is 10.0. The Balaban J connectivity index is 1.25. The number of methoxy groups -OCH3 is 2. The fourth-order valence-electron chi connectivity index (χ4n) is 5.32. The van der Waals surface area contributed by atoms with Gasteiger partial charge in [-0.1, -0.05) is 42.1 Å². The number of nitrogens with one attached hydrogen (secondary N) is 1. The van der Waals surface area contributed by atoms with Gasteiger partial charge in [0.15, 0.2) is 11.0 Å². The molecule has 2 aromatic heterocycles. The van der Waals surface area contributed by atoms with Crippen molar-refractivity contribution in [2.75, 3.05) is 20.0 Å². The molecule has 240 valence electrons. The summed E-state index contributed by atoms with van der Waals surface area (Å²) in [6, 6.07) is 24.6. The zero-order valence-corrected chi connectivity index (χ0v) is 28.1. The fraction of sp³-hybridized carbons (Fsp3) is 0.229. The van der Waals surface area contributed by atoms with Gasteiger partial charge in [-0.2, -0.15) is 5.10 Å². The summed E-state index contributed by atoms with van der Waals surface area (Å²) in [5, 5.41) is 20.8. The Bertz CT molecular complexity index is 1900. The third-order valence-corrected chi connectivity index (χ3v) is 9.69. The quantitative estimate of drug-likeness (QED) is 0.163. The van der Waals surface area contributed by atoms with Crippen LogP contribution in [0.4, 0.5) is 0 Å². The van der Waals surface area contributed by atoms with Gasteiger partial charge in [0.1, 0.15) is 11.5 Å². The molecule has 47 heavy (non-hydrogen) atoms. The molecule has 1 aliphatic rings. The molecule has 0 saturated carbocycles. The number of aromatic nitrogens is 3. The summed E-state index contributed by atoms with van der Waals surface area (Å²) in [5.74, 6) is 1.67. The molecule has 0 unspecified atom stereocenters. The highest BCUT2D eigenvalue weighted by Gasteiger charge is 2.34. The highest BCUT2D eigenvalue weighted by atomic mass is 32.2. The third-order valence-electron chi connectivity index (χ3n) is 7.86. The number of carbonyl (C=O) groups is 2. The maximum atomic E-state index is 13.9. The van der Waals surface area contributed by atoms with E-state index in [0.717, 1.165) is 38.7 Å². The zero-order valence-electron chi connectivity index (χ0n) is 26.5. The highest BCUT2D eigenvalue weighted by molar-refractivity contribution is 7.99. The molecule has 2 amide bonds. The van der Waals surface area contributed by atoms with Gasteiger partial charge in [0.25, 0.3) is 11.8 Å². The van der Waals surface area contributed by atoms with Crippen molar-refractivity contribution in [2.24, 2.45) is 5.10 Å². The average molecular weight is 667 g/mol. The lowest BCUT2D eigenvalue weighted by Gasteiger charge is -2.22. The molecule has 0 bridgehead atoms. The minimum atomic E-state index is -0.245.